The SMILES string of the molecule is O=C(NC1CCC(C2CCCCC2)CC1)C1=Cc2ccccc2S1(=O)=O. The van der Waals surface area contributed by atoms with Crippen LogP contribution in [0.25, 0.3) is 6.08 Å². The summed E-state index contributed by atoms with van der Waals surface area (Å²) in [5.41, 5.74) is 0.610. The van der Waals surface area contributed by atoms with Crippen molar-refractivity contribution in [2.45, 2.75) is 68.7 Å². The van der Waals surface area contributed by atoms with Gasteiger partial charge in [-0.2, -0.15) is 0 Å². The van der Waals surface area contributed by atoms with Gasteiger partial charge >= 0.3 is 0 Å². The Kier molecular flexibility index (Phi) is 4.91. The maximum Gasteiger partial charge on any atom is 0.263 e. The fourth-order valence-corrected chi connectivity index (χ4v) is 6.48. The van der Waals surface area contributed by atoms with Crippen LogP contribution in [0.1, 0.15) is 63.4 Å². The van der Waals surface area contributed by atoms with E-state index in [-0.39, 0.29) is 15.8 Å². The van der Waals surface area contributed by atoms with Gasteiger partial charge in [-0.25, -0.2) is 8.42 Å². The summed E-state index contributed by atoms with van der Waals surface area (Å²) in [4.78, 5) is 12.8. The van der Waals surface area contributed by atoms with Crippen molar-refractivity contribution in [1.29, 1.82) is 0 Å². The Labute approximate surface area is 156 Å². The van der Waals surface area contributed by atoms with Crippen molar-refractivity contribution >= 4 is 21.8 Å². The van der Waals surface area contributed by atoms with Crippen molar-refractivity contribution < 1.29 is 13.2 Å². The van der Waals surface area contributed by atoms with E-state index >= 15 is 0 Å². The first-order valence-corrected chi connectivity index (χ1v) is 11.4. The Hall–Kier alpha value is -1.62. The Morgan fingerprint density at radius 2 is 1.54 bits per heavy atom. The molecule has 5 heteroatoms. The number of sulfone groups is 1. The average molecular weight is 374 g/mol. The molecule has 0 bridgehead atoms. The van der Waals surface area contributed by atoms with Crippen LogP contribution in [-0.4, -0.2) is 20.4 Å². The molecule has 140 valence electrons. The Morgan fingerprint density at radius 1 is 0.885 bits per heavy atom. The number of benzene rings is 1. The van der Waals surface area contributed by atoms with E-state index in [9.17, 15) is 13.2 Å². The zero-order valence-corrected chi connectivity index (χ0v) is 15.9. The van der Waals surface area contributed by atoms with Crippen LogP contribution in [0.2, 0.25) is 0 Å². The second kappa shape index (κ2) is 7.18. The van der Waals surface area contributed by atoms with Crippen LogP contribution in [-0.2, 0) is 14.6 Å². The molecule has 2 aliphatic carbocycles. The summed E-state index contributed by atoms with van der Waals surface area (Å²) < 4.78 is 25.2. The lowest BCUT2D eigenvalue weighted by Gasteiger charge is -2.36. The lowest BCUT2D eigenvalue weighted by Crippen LogP contribution is -2.40. The van der Waals surface area contributed by atoms with E-state index in [0.717, 1.165) is 37.5 Å². The van der Waals surface area contributed by atoms with Gasteiger partial charge in [0.15, 0.2) is 0 Å². The van der Waals surface area contributed by atoms with Gasteiger partial charge in [-0.1, -0.05) is 50.3 Å². The molecule has 26 heavy (non-hydrogen) atoms. The summed E-state index contributed by atoms with van der Waals surface area (Å²) in [5.74, 6) is 1.22. The summed E-state index contributed by atoms with van der Waals surface area (Å²) >= 11 is 0. The first-order chi connectivity index (χ1) is 12.6. The van der Waals surface area contributed by atoms with Gasteiger partial charge in [0.2, 0.25) is 9.84 Å². The fraction of sp³-hybridized carbons (Fsp3) is 0.571. The van der Waals surface area contributed by atoms with Crippen LogP contribution in [0.4, 0.5) is 0 Å². The highest BCUT2D eigenvalue weighted by Crippen LogP contribution is 2.38. The van der Waals surface area contributed by atoms with E-state index in [4.69, 9.17) is 0 Å². The van der Waals surface area contributed by atoms with E-state index in [1.54, 1.807) is 24.3 Å². The first-order valence-electron chi connectivity index (χ1n) is 9.92. The summed E-state index contributed by atoms with van der Waals surface area (Å²) in [6, 6.07) is 6.89. The minimum atomic E-state index is -3.68. The molecule has 1 amide bonds. The van der Waals surface area contributed by atoms with Gasteiger partial charge in [0.1, 0.15) is 4.91 Å². The molecular formula is C21H27NO3S. The number of fused-ring (bicyclic) bond motifs is 1. The van der Waals surface area contributed by atoms with Gasteiger partial charge in [0.05, 0.1) is 4.90 Å². The molecule has 4 nitrogen and oxygen atoms in total. The van der Waals surface area contributed by atoms with E-state index in [1.165, 1.54) is 38.2 Å². The standard InChI is InChI=1S/C21H27NO3S/c23-21(20-14-17-8-4-5-9-19(17)26(20,24)25)22-18-12-10-16(11-13-18)15-6-2-1-3-7-15/h4-5,8-9,14-16,18H,1-3,6-7,10-13H2,(H,22,23). The fourth-order valence-electron chi connectivity index (χ4n) is 4.97. The number of nitrogens with one attached hydrogen (secondary N) is 1. The molecule has 1 heterocycles. The molecule has 2 fully saturated rings. The summed E-state index contributed by atoms with van der Waals surface area (Å²) in [5, 5.41) is 2.99. The molecule has 1 N–H and O–H groups in total. The highest BCUT2D eigenvalue weighted by Gasteiger charge is 2.35. The Bertz CT molecular complexity index is 813. The van der Waals surface area contributed by atoms with Crippen LogP contribution < -0.4 is 5.32 Å². The number of rotatable bonds is 3. The van der Waals surface area contributed by atoms with E-state index in [1.807, 2.05) is 0 Å². The molecule has 1 aromatic rings. The molecular weight excluding hydrogens is 346 g/mol. The highest BCUT2D eigenvalue weighted by molar-refractivity contribution is 7.96. The number of carbonyl (C=O) groups is 1. The molecule has 4 rings (SSSR count). The molecule has 1 aliphatic heterocycles. The Morgan fingerprint density at radius 3 is 2.23 bits per heavy atom. The van der Waals surface area contributed by atoms with Crippen molar-refractivity contribution in [1.82, 2.24) is 5.32 Å². The van der Waals surface area contributed by atoms with Gasteiger partial charge in [0.25, 0.3) is 5.91 Å². The van der Waals surface area contributed by atoms with Crippen molar-refractivity contribution in [3.05, 3.63) is 34.7 Å². The molecule has 0 spiro atoms. The van der Waals surface area contributed by atoms with Crippen LogP contribution in [0.5, 0.6) is 0 Å². The first kappa shape index (κ1) is 17.8. The van der Waals surface area contributed by atoms with E-state index in [0.29, 0.717) is 5.56 Å². The van der Waals surface area contributed by atoms with Gasteiger partial charge in [-0.05, 0) is 55.2 Å². The lowest BCUT2D eigenvalue weighted by molar-refractivity contribution is -0.117. The summed E-state index contributed by atoms with van der Waals surface area (Å²) in [6.45, 7) is 0. The van der Waals surface area contributed by atoms with E-state index < -0.39 is 15.7 Å². The number of amides is 1. The molecule has 3 aliphatic rings. The topological polar surface area (TPSA) is 63.2 Å². The van der Waals surface area contributed by atoms with Gasteiger partial charge in [-0.15, -0.1) is 0 Å². The summed E-state index contributed by atoms with van der Waals surface area (Å²) in [7, 11) is -3.68. The van der Waals surface area contributed by atoms with Crippen LogP contribution in [0.15, 0.2) is 34.1 Å². The third-order valence-electron chi connectivity index (χ3n) is 6.43. The molecule has 0 aromatic heterocycles. The Balaban J connectivity index is 1.36. The van der Waals surface area contributed by atoms with Gasteiger partial charge < -0.3 is 5.32 Å². The molecule has 0 radical (unpaired) electrons. The van der Waals surface area contributed by atoms with E-state index in [2.05, 4.69) is 5.32 Å². The zero-order chi connectivity index (χ0) is 18.1. The van der Waals surface area contributed by atoms with Crippen molar-refractivity contribution in [3.63, 3.8) is 0 Å². The predicted molar refractivity (Wildman–Crippen MR) is 102 cm³/mol. The summed E-state index contributed by atoms with van der Waals surface area (Å²) in [6.07, 6.45) is 12.6. The normalized spacial score (nSPS) is 28.2. The smallest absolute Gasteiger partial charge is 0.263 e. The maximum absolute atomic E-state index is 12.6. The number of hydrogen-bond acceptors (Lipinski definition) is 3. The monoisotopic (exact) mass is 373 g/mol. The minimum absolute atomic E-state index is 0.0992. The maximum atomic E-state index is 12.6. The van der Waals surface area contributed by atoms with Gasteiger partial charge in [-0.3, -0.25) is 4.79 Å². The second-order valence-corrected chi connectivity index (χ2v) is 9.92. The largest absolute Gasteiger partial charge is 0.349 e. The third-order valence-corrected chi connectivity index (χ3v) is 8.27. The molecule has 2 saturated carbocycles. The van der Waals surface area contributed by atoms with Gasteiger partial charge in [0, 0.05) is 6.04 Å². The van der Waals surface area contributed by atoms with Crippen LogP contribution in [0.3, 0.4) is 0 Å². The quantitative estimate of drug-likeness (QED) is 0.869. The van der Waals surface area contributed by atoms with Crippen molar-refractivity contribution in [2.75, 3.05) is 0 Å². The predicted octanol–water partition coefficient (Wildman–Crippen LogP) is 4.07. The van der Waals surface area contributed by atoms with Crippen molar-refractivity contribution in [3.8, 4) is 0 Å². The molecule has 0 saturated heterocycles. The lowest BCUT2D eigenvalue weighted by atomic mass is 9.72. The minimum Gasteiger partial charge on any atom is -0.349 e. The average Bonchev–Trinajstić information content (AvgIpc) is 2.94. The van der Waals surface area contributed by atoms with Crippen LogP contribution in [0, 0.1) is 11.8 Å². The number of carbonyl (C=O) groups excluding carboxylic acids is 1. The number of hydrogen-bond donors (Lipinski definition) is 1. The highest BCUT2D eigenvalue weighted by atomic mass is 32.2. The second-order valence-electron chi connectivity index (χ2n) is 8.03. The third kappa shape index (κ3) is 3.34. The molecule has 0 atom stereocenters. The van der Waals surface area contributed by atoms with Crippen molar-refractivity contribution in [2.24, 2.45) is 11.8 Å². The molecule has 0 unspecified atom stereocenters. The zero-order valence-electron chi connectivity index (χ0n) is 15.1. The molecule has 1 aromatic carbocycles. The van der Waals surface area contributed by atoms with Crippen LogP contribution >= 0.6 is 0 Å².